The second kappa shape index (κ2) is 3.70. The number of anilines is 2. The molecule has 3 nitrogen and oxygen atoms in total. The van der Waals surface area contributed by atoms with Gasteiger partial charge in [0.2, 0.25) is 0 Å². The lowest BCUT2D eigenvalue weighted by molar-refractivity contribution is 0.861. The average Bonchev–Trinajstić information content (AvgIpc) is 2.97. The topological polar surface area (TPSA) is 42.2 Å². The molecule has 0 spiro atoms. The standard InChI is InChI=1S/C11H15N3/c1-2-7-14(9-3-4-9)10-5-6-13-11(12)8-10/h2,5-6,8-9H,1,3-4,7H2,(H2,12,13). The van der Waals surface area contributed by atoms with Gasteiger partial charge in [0.15, 0.2) is 0 Å². The second-order valence-electron chi connectivity index (χ2n) is 3.61. The van der Waals surface area contributed by atoms with Gasteiger partial charge in [-0.25, -0.2) is 4.98 Å². The molecule has 2 rings (SSSR count). The third kappa shape index (κ3) is 1.87. The Bertz CT molecular complexity index is 331. The van der Waals surface area contributed by atoms with Gasteiger partial charge in [-0.05, 0) is 18.9 Å². The van der Waals surface area contributed by atoms with E-state index < -0.39 is 0 Å². The minimum absolute atomic E-state index is 0.581. The maximum Gasteiger partial charge on any atom is 0.125 e. The monoisotopic (exact) mass is 189 g/mol. The normalized spacial score (nSPS) is 15.1. The summed E-state index contributed by atoms with van der Waals surface area (Å²) < 4.78 is 0. The van der Waals surface area contributed by atoms with Gasteiger partial charge in [-0.3, -0.25) is 0 Å². The summed E-state index contributed by atoms with van der Waals surface area (Å²) >= 11 is 0. The molecule has 0 bridgehead atoms. The van der Waals surface area contributed by atoms with E-state index >= 15 is 0 Å². The number of pyridine rings is 1. The molecule has 0 radical (unpaired) electrons. The highest BCUT2D eigenvalue weighted by Gasteiger charge is 2.28. The third-order valence-corrected chi connectivity index (χ3v) is 2.41. The van der Waals surface area contributed by atoms with Crippen molar-refractivity contribution in [3.8, 4) is 0 Å². The SMILES string of the molecule is C=CCN(c1ccnc(N)c1)C1CC1. The van der Waals surface area contributed by atoms with E-state index in [2.05, 4.69) is 16.5 Å². The van der Waals surface area contributed by atoms with Crippen molar-refractivity contribution in [3.63, 3.8) is 0 Å². The van der Waals surface area contributed by atoms with Crippen molar-refractivity contribution in [1.82, 2.24) is 4.98 Å². The van der Waals surface area contributed by atoms with Crippen LogP contribution >= 0.6 is 0 Å². The Morgan fingerprint density at radius 2 is 2.43 bits per heavy atom. The fourth-order valence-electron chi connectivity index (χ4n) is 1.61. The number of nitrogens with zero attached hydrogens (tertiary/aromatic N) is 2. The number of aromatic nitrogens is 1. The lowest BCUT2D eigenvalue weighted by atomic mass is 10.3. The first-order valence-electron chi connectivity index (χ1n) is 4.90. The molecule has 0 saturated heterocycles. The van der Waals surface area contributed by atoms with E-state index in [9.17, 15) is 0 Å². The first-order chi connectivity index (χ1) is 6.81. The average molecular weight is 189 g/mol. The van der Waals surface area contributed by atoms with E-state index in [1.165, 1.54) is 12.8 Å². The van der Waals surface area contributed by atoms with Gasteiger partial charge in [0.05, 0.1) is 0 Å². The quantitative estimate of drug-likeness (QED) is 0.734. The van der Waals surface area contributed by atoms with E-state index in [1.54, 1.807) is 6.20 Å². The van der Waals surface area contributed by atoms with Crippen LogP contribution in [-0.4, -0.2) is 17.6 Å². The first-order valence-corrected chi connectivity index (χ1v) is 4.90. The second-order valence-corrected chi connectivity index (χ2v) is 3.61. The minimum Gasteiger partial charge on any atom is -0.384 e. The van der Waals surface area contributed by atoms with E-state index in [-0.39, 0.29) is 0 Å². The molecule has 1 aromatic heterocycles. The third-order valence-electron chi connectivity index (χ3n) is 2.41. The molecule has 74 valence electrons. The van der Waals surface area contributed by atoms with Gasteiger partial charge in [-0.1, -0.05) is 6.08 Å². The summed E-state index contributed by atoms with van der Waals surface area (Å²) in [6.45, 7) is 4.65. The summed E-state index contributed by atoms with van der Waals surface area (Å²) in [7, 11) is 0. The van der Waals surface area contributed by atoms with Crippen molar-refractivity contribution in [1.29, 1.82) is 0 Å². The van der Waals surface area contributed by atoms with Gasteiger partial charge in [0.25, 0.3) is 0 Å². The Morgan fingerprint density at radius 1 is 1.64 bits per heavy atom. The van der Waals surface area contributed by atoms with Gasteiger partial charge in [-0.2, -0.15) is 0 Å². The highest BCUT2D eigenvalue weighted by molar-refractivity contribution is 5.54. The summed E-state index contributed by atoms with van der Waals surface area (Å²) in [6, 6.07) is 4.59. The van der Waals surface area contributed by atoms with Crippen LogP contribution in [-0.2, 0) is 0 Å². The van der Waals surface area contributed by atoms with Gasteiger partial charge >= 0.3 is 0 Å². The molecule has 1 aromatic rings. The Morgan fingerprint density at radius 3 is 3.00 bits per heavy atom. The molecule has 1 heterocycles. The van der Waals surface area contributed by atoms with Crippen LogP contribution in [0.1, 0.15) is 12.8 Å². The van der Waals surface area contributed by atoms with Crippen LogP contribution in [0.5, 0.6) is 0 Å². The maximum atomic E-state index is 5.65. The van der Waals surface area contributed by atoms with Gasteiger partial charge in [0.1, 0.15) is 5.82 Å². The molecule has 3 heteroatoms. The zero-order chi connectivity index (χ0) is 9.97. The molecular weight excluding hydrogens is 174 g/mol. The lowest BCUT2D eigenvalue weighted by Gasteiger charge is -2.22. The maximum absolute atomic E-state index is 5.65. The first kappa shape index (κ1) is 9.06. The van der Waals surface area contributed by atoms with Gasteiger partial charge < -0.3 is 10.6 Å². The van der Waals surface area contributed by atoms with E-state index in [0.717, 1.165) is 12.2 Å². The summed E-state index contributed by atoms with van der Waals surface area (Å²) in [5, 5.41) is 0. The van der Waals surface area contributed by atoms with Crippen LogP contribution in [0.15, 0.2) is 31.0 Å². The number of hydrogen-bond donors (Lipinski definition) is 1. The number of nitrogen functional groups attached to an aromatic ring is 1. The zero-order valence-corrected chi connectivity index (χ0v) is 8.19. The van der Waals surface area contributed by atoms with Crippen LogP contribution in [0.25, 0.3) is 0 Å². The fraction of sp³-hybridized carbons (Fsp3) is 0.364. The molecule has 0 amide bonds. The number of nitrogens with two attached hydrogens (primary N) is 1. The molecule has 1 aliphatic rings. The molecule has 0 aliphatic heterocycles. The molecule has 2 N–H and O–H groups in total. The zero-order valence-electron chi connectivity index (χ0n) is 8.19. The van der Waals surface area contributed by atoms with E-state index in [1.807, 2.05) is 18.2 Å². The number of rotatable bonds is 4. The molecule has 1 saturated carbocycles. The Hall–Kier alpha value is -1.51. The summed E-state index contributed by atoms with van der Waals surface area (Å²) in [5.74, 6) is 0.581. The molecule has 0 aromatic carbocycles. The van der Waals surface area contributed by atoms with Crippen molar-refractivity contribution in [2.75, 3.05) is 17.2 Å². The summed E-state index contributed by atoms with van der Waals surface area (Å²) in [4.78, 5) is 6.31. The molecule has 1 aliphatic carbocycles. The van der Waals surface area contributed by atoms with Crippen LogP contribution < -0.4 is 10.6 Å². The van der Waals surface area contributed by atoms with E-state index in [0.29, 0.717) is 11.9 Å². The van der Waals surface area contributed by atoms with Gasteiger partial charge in [0, 0.05) is 30.5 Å². The Labute approximate surface area is 84.2 Å². The lowest BCUT2D eigenvalue weighted by Crippen LogP contribution is -2.25. The predicted octanol–water partition coefficient (Wildman–Crippen LogP) is 1.82. The summed E-state index contributed by atoms with van der Waals surface area (Å²) in [5.41, 5.74) is 6.80. The van der Waals surface area contributed by atoms with Crippen LogP contribution in [0.4, 0.5) is 11.5 Å². The molecule has 0 atom stereocenters. The van der Waals surface area contributed by atoms with Crippen molar-refractivity contribution < 1.29 is 0 Å². The highest BCUT2D eigenvalue weighted by atomic mass is 15.2. The van der Waals surface area contributed by atoms with Crippen molar-refractivity contribution in [2.45, 2.75) is 18.9 Å². The highest BCUT2D eigenvalue weighted by Crippen LogP contribution is 2.31. The van der Waals surface area contributed by atoms with Crippen LogP contribution in [0.2, 0.25) is 0 Å². The molecule has 1 fully saturated rings. The Balaban J connectivity index is 2.20. The van der Waals surface area contributed by atoms with Crippen LogP contribution in [0, 0.1) is 0 Å². The smallest absolute Gasteiger partial charge is 0.125 e. The fourth-order valence-corrected chi connectivity index (χ4v) is 1.61. The predicted molar refractivity (Wildman–Crippen MR) is 59.2 cm³/mol. The van der Waals surface area contributed by atoms with E-state index in [4.69, 9.17) is 5.73 Å². The summed E-state index contributed by atoms with van der Waals surface area (Å²) in [6.07, 6.45) is 6.23. The van der Waals surface area contributed by atoms with Crippen molar-refractivity contribution in [3.05, 3.63) is 31.0 Å². The van der Waals surface area contributed by atoms with Crippen LogP contribution in [0.3, 0.4) is 0 Å². The molecule has 14 heavy (non-hydrogen) atoms. The molecule has 0 unspecified atom stereocenters. The van der Waals surface area contributed by atoms with Crippen molar-refractivity contribution in [2.24, 2.45) is 0 Å². The largest absolute Gasteiger partial charge is 0.384 e. The minimum atomic E-state index is 0.581. The molecular formula is C11H15N3. The van der Waals surface area contributed by atoms with Crippen molar-refractivity contribution >= 4 is 11.5 Å². The number of hydrogen-bond acceptors (Lipinski definition) is 3. The van der Waals surface area contributed by atoms with Gasteiger partial charge in [-0.15, -0.1) is 6.58 Å². The Kier molecular flexibility index (Phi) is 2.39.